The summed E-state index contributed by atoms with van der Waals surface area (Å²) < 4.78 is 24.4. The van der Waals surface area contributed by atoms with Crippen molar-refractivity contribution in [2.75, 3.05) is 17.2 Å². The van der Waals surface area contributed by atoms with Gasteiger partial charge in [0.2, 0.25) is 0 Å². The van der Waals surface area contributed by atoms with E-state index in [1.807, 2.05) is 24.8 Å². The fraction of sp³-hybridized carbons (Fsp3) is 0.462. The van der Waals surface area contributed by atoms with Gasteiger partial charge in [-0.1, -0.05) is 12.1 Å². The molecule has 19 heavy (non-hydrogen) atoms. The number of para-hydroxylation sites is 1. The van der Waals surface area contributed by atoms with Gasteiger partial charge in [0.05, 0.1) is 22.8 Å². The Kier molecular flexibility index (Phi) is 3.54. The number of carboxylic acid groups (broad SMARTS) is 1. The zero-order valence-electron chi connectivity index (χ0n) is 11.0. The molecule has 1 heterocycles. The van der Waals surface area contributed by atoms with Crippen LogP contribution in [0.25, 0.3) is 0 Å². The molecule has 1 aliphatic heterocycles. The van der Waals surface area contributed by atoms with Gasteiger partial charge in [0.15, 0.2) is 9.84 Å². The molecule has 1 unspecified atom stereocenters. The van der Waals surface area contributed by atoms with Gasteiger partial charge in [-0.25, -0.2) is 8.42 Å². The van der Waals surface area contributed by atoms with E-state index in [1.165, 1.54) is 0 Å². The molecule has 1 N–H and O–H groups in total. The van der Waals surface area contributed by atoms with E-state index in [0.717, 1.165) is 5.56 Å². The van der Waals surface area contributed by atoms with Crippen molar-refractivity contribution in [3.8, 4) is 0 Å². The molecule has 0 bridgehead atoms. The maximum atomic E-state index is 12.2. The Morgan fingerprint density at radius 2 is 2.16 bits per heavy atom. The van der Waals surface area contributed by atoms with Crippen LogP contribution in [-0.4, -0.2) is 37.8 Å². The number of carbonyl (C=O) groups is 1. The number of aryl methyl sites for hydroxylation is 1. The van der Waals surface area contributed by atoms with Crippen LogP contribution in [0, 0.1) is 6.92 Å². The number of aliphatic carboxylic acids is 1. The van der Waals surface area contributed by atoms with Crippen molar-refractivity contribution in [2.45, 2.75) is 31.2 Å². The number of sulfone groups is 1. The van der Waals surface area contributed by atoms with Crippen molar-refractivity contribution in [1.29, 1.82) is 0 Å². The molecule has 1 aromatic carbocycles. The third-order valence-electron chi connectivity index (χ3n) is 3.38. The maximum absolute atomic E-state index is 12.2. The maximum Gasteiger partial charge on any atom is 0.305 e. The largest absolute Gasteiger partial charge is 0.481 e. The minimum atomic E-state index is -3.27. The van der Waals surface area contributed by atoms with Crippen molar-refractivity contribution < 1.29 is 18.3 Å². The number of rotatable bonds is 3. The van der Waals surface area contributed by atoms with E-state index in [4.69, 9.17) is 5.11 Å². The van der Waals surface area contributed by atoms with Crippen molar-refractivity contribution in [3.63, 3.8) is 0 Å². The van der Waals surface area contributed by atoms with Gasteiger partial charge in [-0.3, -0.25) is 4.79 Å². The van der Waals surface area contributed by atoms with Crippen LogP contribution in [0.3, 0.4) is 0 Å². The van der Waals surface area contributed by atoms with Gasteiger partial charge >= 0.3 is 5.97 Å². The predicted molar refractivity (Wildman–Crippen MR) is 72.3 cm³/mol. The highest BCUT2D eigenvalue weighted by Crippen LogP contribution is 2.35. The smallest absolute Gasteiger partial charge is 0.305 e. The first kappa shape index (κ1) is 13.9. The van der Waals surface area contributed by atoms with Gasteiger partial charge in [-0.15, -0.1) is 0 Å². The third kappa shape index (κ3) is 2.58. The lowest BCUT2D eigenvalue weighted by molar-refractivity contribution is -0.136. The summed E-state index contributed by atoms with van der Waals surface area (Å²) in [4.78, 5) is 12.9. The van der Waals surface area contributed by atoms with Crippen LogP contribution in [-0.2, 0) is 14.6 Å². The van der Waals surface area contributed by atoms with Gasteiger partial charge in [-0.05, 0) is 25.5 Å². The molecule has 0 spiro atoms. The van der Waals surface area contributed by atoms with Crippen LogP contribution in [0.2, 0.25) is 0 Å². The number of hydrogen-bond donors (Lipinski definition) is 1. The zero-order valence-corrected chi connectivity index (χ0v) is 11.8. The Balaban J connectivity index is 2.50. The molecule has 1 atom stereocenters. The van der Waals surface area contributed by atoms with E-state index in [0.29, 0.717) is 17.1 Å². The monoisotopic (exact) mass is 283 g/mol. The van der Waals surface area contributed by atoms with Crippen molar-refractivity contribution in [1.82, 2.24) is 0 Å². The molecule has 6 heteroatoms. The molecule has 1 aromatic rings. The quantitative estimate of drug-likeness (QED) is 0.908. The number of benzene rings is 1. The molecule has 1 aliphatic rings. The summed E-state index contributed by atoms with van der Waals surface area (Å²) in [6.45, 7) is 3.98. The van der Waals surface area contributed by atoms with Crippen molar-refractivity contribution in [3.05, 3.63) is 23.8 Å². The highest BCUT2D eigenvalue weighted by molar-refractivity contribution is 7.91. The standard InChI is InChI=1S/C13H17NO4S/c1-9-4-3-5-11-13(9)14(7-6-12(15)16)10(2)8-19(11,17)18/h3-5,10H,6-8H2,1-2H3,(H,15,16). The molecule has 104 valence electrons. The van der Waals surface area contributed by atoms with E-state index < -0.39 is 15.8 Å². The Morgan fingerprint density at radius 1 is 1.47 bits per heavy atom. The highest BCUT2D eigenvalue weighted by Gasteiger charge is 2.34. The predicted octanol–water partition coefficient (Wildman–Crippen LogP) is 1.45. The van der Waals surface area contributed by atoms with E-state index in [-0.39, 0.29) is 18.2 Å². The minimum absolute atomic E-state index is 0.00182. The second kappa shape index (κ2) is 4.85. The average Bonchev–Trinajstić information content (AvgIpc) is 2.28. The average molecular weight is 283 g/mol. The van der Waals surface area contributed by atoms with Crippen LogP contribution in [0.15, 0.2) is 23.1 Å². The zero-order chi connectivity index (χ0) is 14.2. The summed E-state index contributed by atoms with van der Waals surface area (Å²) >= 11 is 0. The van der Waals surface area contributed by atoms with E-state index >= 15 is 0 Å². The molecule has 0 radical (unpaired) electrons. The lowest BCUT2D eigenvalue weighted by atomic mass is 10.1. The van der Waals surface area contributed by atoms with Gasteiger partial charge in [0.25, 0.3) is 0 Å². The molecular weight excluding hydrogens is 266 g/mol. The number of nitrogens with zero attached hydrogens (tertiary/aromatic N) is 1. The molecule has 0 amide bonds. The topological polar surface area (TPSA) is 74.7 Å². The second-order valence-electron chi connectivity index (χ2n) is 4.89. The fourth-order valence-corrected chi connectivity index (χ4v) is 4.37. The molecule has 0 saturated carbocycles. The summed E-state index contributed by atoms with van der Waals surface area (Å²) in [6, 6.07) is 4.95. The number of carboxylic acids is 1. The Morgan fingerprint density at radius 3 is 2.79 bits per heavy atom. The van der Waals surface area contributed by atoms with Crippen LogP contribution in [0.1, 0.15) is 18.9 Å². The second-order valence-corrected chi connectivity index (χ2v) is 6.89. The Labute approximate surface area is 112 Å². The van der Waals surface area contributed by atoms with Crippen molar-refractivity contribution in [2.24, 2.45) is 0 Å². The van der Waals surface area contributed by atoms with Crippen LogP contribution >= 0.6 is 0 Å². The van der Waals surface area contributed by atoms with E-state index in [1.54, 1.807) is 12.1 Å². The highest BCUT2D eigenvalue weighted by atomic mass is 32.2. The lowest BCUT2D eigenvalue weighted by Crippen LogP contribution is -2.44. The third-order valence-corrected chi connectivity index (χ3v) is 5.30. The summed E-state index contributed by atoms with van der Waals surface area (Å²) in [6.07, 6.45) is -0.00182. The number of hydrogen-bond acceptors (Lipinski definition) is 4. The fourth-order valence-electron chi connectivity index (χ4n) is 2.52. The van der Waals surface area contributed by atoms with Gasteiger partial charge in [0, 0.05) is 12.6 Å². The summed E-state index contributed by atoms with van der Waals surface area (Å²) in [5, 5.41) is 8.81. The molecule has 0 fully saturated rings. The first-order chi connectivity index (χ1) is 8.83. The molecule has 2 rings (SSSR count). The van der Waals surface area contributed by atoms with Crippen molar-refractivity contribution >= 4 is 21.5 Å². The SMILES string of the molecule is Cc1cccc2c1N(CCC(=O)O)C(C)CS2(=O)=O. The van der Waals surface area contributed by atoms with E-state index in [2.05, 4.69) is 0 Å². The van der Waals surface area contributed by atoms with Crippen LogP contribution < -0.4 is 4.90 Å². The number of fused-ring (bicyclic) bond motifs is 1. The summed E-state index contributed by atoms with van der Waals surface area (Å²) in [5.41, 5.74) is 1.51. The molecular formula is C13H17NO4S. The molecule has 5 nitrogen and oxygen atoms in total. The molecule has 0 aromatic heterocycles. The van der Waals surface area contributed by atoms with Gasteiger partial charge in [-0.2, -0.15) is 0 Å². The first-order valence-electron chi connectivity index (χ1n) is 6.14. The molecule has 0 saturated heterocycles. The van der Waals surface area contributed by atoms with Gasteiger partial charge in [0.1, 0.15) is 0 Å². The molecule has 0 aliphatic carbocycles. The summed E-state index contributed by atoms with van der Waals surface area (Å²) in [5.74, 6) is -0.848. The summed E-state index contributed by atoms with van der Waals surface area (Å²) in [7, 11) is -3.27. The normalized spacial score (nSPS) is 20.9. The lowest BCUT2D eigenvalue weighted by Gasteiger charge is -2.37. The minimum Gasteiger partial charge on any atom is -0.481 e. The Bertz CT molecular complexity index is 609. The number of anilines is 1. The van der Waals surface area contributed by atoms with Crippen LogP contribution in [0.4, 0.5) is 5.69 Å². The Hall–Kier alpha value is -1.56. The van der Waals surface area contributed by atoms with E-state index in [9.17, 15) is 13.2 Å². The van der Waals surface area contributed by atoms with Crippen LogP contribution in [0.5, 0.6) is 0 Å². The van der Waals surface area contributed by atoms with Gasteiger partial charge < -0.3 is 10.0 Å². The first-order valence-corrected chi connectivity index (χ1v) is 7.79.